The topological polar surface area (TPSA) is 103 Å². The first kappa shape index (κ1) is 30.3. The number of aromatic nitrogens is 2. The number of piperidine rings is 2. The molecule has 44 heavy (non-hydrogen) atoms. The summed E-state index contributed by atoms with van der Waals surface area (Å²) in [7, 11) is 3.72. The number of nitrogens with zero attached hydrogens (tertiary/aromatic N) is 5. The summed E-state index contributed by atoms with van der Waals surface area (Å²) < 4.78 is 1.25. The average Bonchev–Trinajstić information content (AvgIpc) is 3.02. The van der Waals surface area contributed by atoms with Crippen molar-refractivity contribution in [3.63, 3.8) is 0 Å². The van der Waals surface area contributed by atoms with Crippen LogP contribution in [0.25, 0.3) is 0 Å². The van der Waals surface area contributed by atoms with E-state index < -0.39 is 0 Å². The second kappa shape index (κ2) is 13.1. The molecule has 3 aliphatic rings. The molecule has 232 valence electrons. The summed E-state index contributed by atoms with van der Waals surface area (Å²) in [5.41, 5.74) is 5.03. The Morgan fingerprint density at radius 1 is 0.977 bits per heavy atom. The van der Waals surface area contributed by atoms with Crippen LogP contribution in [-0.4, -0.2) is 83.8 Å². The number of nitrogens with one attached hydrogen (secondary N) is 2. The molecule has 0 bridgehead atoms. The van der Waals surface area contributed by atoms with Gasteiger partial charge < -0.3 is 15.1 Å². The highest BCUT2D eigenvalue weighted by Gasteiger charge is 2.29. The number of carbonyl (C=O) groups is 2. The van der Waals surface area contributed by atoms with Crippen LogP contribution < -0.4 is 21.1 Å². The second-order valence-electron chi connectivity index (χ2n) is 12.4. The number of carbonyl (C=O) groups excluding carboxylic acids is 2. The molecule has 3 aromatic rings. The molecular formula is C33H40ClN7O3. The van der Waals surface area contributed by atoms with Crippen LogP contribution in [-0.2, 0) is 23.2 Å². The molecule has 11 heteroatoms. The molecular weight excluding hydrogens is 578 g/mol. The maximum absolute atomic E-state index is 12.4. The van der Waals surface area contributed by atoms with Crippen LogP contribution in [0, 0.1) is 0 Å². The van der Waals surface area contributed by atoms with Crippen LogP contribution in [0.15, 0.2) is 59.5 Å². The van der Waals surface area contributed by atoms with Gasteiger partial charge in [0.05, 0.1) is 17.8 Å². The summed E-state index contributed by atoms with van der Waals surface area (Å²) in [5, 5.41) is 10.2. The van der Waals surface area contributed by atoms with Crippen LogP contribution in [0.4, 0.5) is 11.4 Å². The molecule has 0 aliphatic carbocycles. The number of likely N-dealkylation sites (N-methyl/N-ethyl adjacent to an activating group) is 1. The second-order valence-corrected chi connectivity index (χ2v) is 12.8. The SMILES string of the molecule is CN1C[C@H](Nc2cnn(C)c(=O)c2Cl)C[C@H](c2ccc(CN3CCN(c4cccc(C5CCC(=O)NC5=O)c4)CC3)cc2)C1. The molecule has 3 aliphatic heterocycles. The van der Waals surface area contributed by atoms with Gasteiger partial charge >= 0.3 is 0 Å². The summed E-state index contributed by atoms with van der Waals surface area (Å²) in [4.78, 5) is 43.3. The lowest BCUT2D eigenvalue weighted by atomic mass is 9.87. The third-order valence-electron chi connectivity index (χ3n) is 9.18. The number of amides is 2. The smallest absolute Gasteiger partial charge is 0.287 e. The van der Waals surface area contributed by atoms with Crippen molar-refractivity contribution in [1.29, 1.82) is 0 Å². The monoisotopic (exact) mass is 617 g/mol. The third-order valence-corrected chi connectivity index (χ3v) is 9.54. The zero-order valence-corrected chi connectivity index (χ0v) is 26.1. The number of piperazine rings is 1. The van der Waals surface area contributed by atoms with Crippen molar-refractivity contribution in [3.8, 4) is 0 Å². The van der Waals surface area contributed by atoms with Gasteiger partial charge in [0, 0.05) is 71.0 Å². The molecule has 0 radical (unpaired) electrons. The Bertz CT molecular complexity index is 1570. The number of hydrogen-bond donors (Lipinski definition) is 2. The van der Waals surface area contributed by atoms with Crippen molar-refractivity contribution in [2.75, 3.05) is 56.5 Å². The van der Waals surface area contributed by atoms with Crippen LogP contribution in [0.1, 0.15) is 47.8 Å². The number of benzene rings is 2. The molecule has 2 aromatic carbocycles. The van der Waals surface area contributed by atoms with Crippen molar-refractivity contribution in [3.05, 3.63) is 86.8 Å². The van der Waals surface area contributed by atoms with Crippen molar-refractivity contribution < 1.29 is 9.59 Å². The van der Waals surface area contributed by atoms with Crippen molar-refractivity contribution in [1.82, 2.24) is 24.9 Å². The van der Waals surface area contributed by atoms with Crippen molar-refractivity contribution in [2.45, 2.75) is 43.7 Å². The molecule has 3 saturated heterocycles. The van der Waals surface area contributed by atoms with Gasteiger partial charge in [-0.1, -0.05) is 48.0 Å². The number of halogens is 1. The van der Waals surface area contributed by atoms with E-state index in [1.165, 1.54) is 15.8 Å². The standard InChI is InChI=1S/C33H40ClN7O3/c1-38-20-25(16-26(21-38)36-29-18-35-39(2)33(44)31(29)34)23-8-6-22(7-9-23)19-40-12-14-41(15-13-40)27-5-3-4-24(17-27)28-10-11-30(42)37-32(28)43/h3-9,17-18,25-26,28,36H,10-16,19-21H2,1-2H3,(H,37,42,43)/t25-,26+,28?/m0/s1. The van der Waals surface area contributed by atoms with Gasteiger partial charge in [0.15, 0.2) is 0 Å². The fraction of sp³-hybridized carbons (Fsp3) is 0.455. The number of rotatable bonds is 7. The summed E-state index contributed by atoms with van der Waals surface area (Å²) in [6, 6.07) is 17.4. The number of likely N-dealkylation sites (tertiary alicyclic amines) is 1. The summed E-state index contributed by atoms with van der Waals surface area (Å²) >= 11 is 6.31. The maximum Gasteiger partial charge on any atom is 0.287 e. The van der Waals surface area contributed by atoms with E-state index in [4.69, 9.17) is 11.6 Å². The first-order chi connectivity index (χ1) is 21.2. The number of anilines is 2. The Balaban J connectivity index is 1.02. The number of imide groups is 1. The van der Waals surface area contributed by atoms with Crippen LogP contribution >= 0.6 is 11.6 Å². The molecule has 4 heterocycles. The Hall–Kier alpha value is -3.73. The third kappa shape index (κ3) is 6.82. The zero-order chi connectivity index (χ0) is 30.8. The predicted molar refractivity (Wildman–Crippen MR) is 172 cm³/mol. The summed E-state index contributed by atoms with van der Waals surface area (Å²) in [6.45, 7) is 6.53. The van der Waals surface area contributed by atoms with Gasteiger partial charge in [-0.2, -0.15) is 5.10 Å². The van der Waals surface area contributed by atoms with Gasteiger partial charge in [-0.05, 0) is 54.6 Å². The molecule has 3 atom stereocenters. The summed E-state index contributed by atoms with van der Waals surface area (Å²) in [5.74, 6) is -0.260. The molecule has 3 fully saturated rings. The van der Waals surface area contributed by atoms with Gasteiger partial charge in [-0.3, -0.25) is 24.6 Å². The van der Waals surface area contributed by atoms with Gasteiger partial charge in [0.25, 0.3) is 5.56 Å². The minimum atomic E-state index is -0.298. The van der Waals surface area contributed by atoms with E-state index >= 15 is 0 Å². The van der Waals surface area contributed by atoms with E-state index in [0.717, 1.165) is 63.5 Å². The number of aryl methyl sites for hydroxylation is 1. The van der Waals surface area contributed by atoms with Gasteiger partial charge in [0.2, 0.25) is 11.8 Å². The van der Waals surface area contributed by atoms with Crippen molar-refractivity contribution in [2.24, 2.45) is 7.05 Å². The van der Waals surface area contributed by atoms with E-state index in [2.05, 4.69) is 73.9 Å². The van der Waals surface area contributed by atoms with Crippen LogP contribution in [0.3, 0.4) is 0 Å². The van der Waals surface area contributed by atoms with Crippen LogP contribution in [0.2, 0.25) is 5.02 Å². The minimum absolute atomic E-state index is 0.158. The highest BCUT2D eigenvalue weighted by atomic mass is 35.5. The lowest BCUT2D eigenvalue weighted by Crippen LogP contribution is -2.46. The van der Waals surface area contributed by atoms with Crippen LogP contribution in [0.5, 0.6) is 0 Å². The van der Waals surface area contributed by atoms with E-state index in [1.807, 2.05) is 12.1 Å². The molecule has 2 N–H and O–H groups in total. The highest BCUT2D eigenvalue weighted by molar-refractivity contribution is 6.32. The van der Waals surface area contributed by atoms with Gasteiger partial charge in [-0.25, -0.2) is 4.68 Å². The fourth-order valence-electron chi connectivity index (χ4n) is 6.76. The normalized spacial score (nSPS) is 23.4. The molecule has 1 aromatic heterocycles. The lowest BCUT2D eigenvalue weighted by Gasteiger charge is -2.37. The zero-order valence-electron chi connectivity index (χ0n) is 25.3. The Morgan fingerprint density at radius 2 is 1.75 bits per heavy atom. The largest absolute Gasteiger partial charge is 0.378 e. The minimum Gasteiger partial charge on any atom is -0.378 e. The Labute approximate surface area is 263 Å². The molecule has 2 amide bonds. The average molecular weight is 618 g/mol. The first-order valence-electron chi connectivity index (χ1n) is 15.4. The Kier molecular flexibility index (Phi) is 9.02. The van der Waals surface area contributed by atoms with Gasteiger partial charge in [-0.15, -0.1) is 0 Å². The predicted octanol–water partition coefficient (Wildman–Crippen LogP) is 3.18. The lowest BCUT2D eigenvalue weighted by molar-refractivity contribution is -0.134. The fourth-order valence-corrected chi connectivity index (χ4v) is 6.99. The van der Waals surface area contributed by atoms with E-state index in [9.17, 15) is 14.4 Å². The molecule has 6 rings (SSSR count). The highest BCUT2D eigenvalue weighted by Crippen LogP contribution is 2.31. The van der Waals surface area contributed by atoms with E-state index in [1.54, 1.807) is 13.2 Å². The maximum atomic E-state index is 12.4. The van der Waals surface area contributed by atoms with E-state index in [0.29, 0.717) is 24.4 Å². The summed E-state index contributed by atoms with van der Waals surface area (Å²) in [6.07, 6.45) is 3.53. The Morgan fingerprint density at radius 3 is 2.50 bits per heavy atom. The van der Waals surface area contributed by atoms with Crippen molar-refractivity contribution >= 4 is 34.8 Å². The quantitative estimate of drug-likeness (QED) is 0.390. The first-order valence-corrected chi connectivity index (χ1v) is 15.8. The molecule has 0 spiro atoms. The molecule has 10 nitrogen and oxygen atoms in total. The molecule has 0 saturated carbocycles. The van der Waals surface area contributed by atoms with E-state index in [-0.39, 0.29) is 34.4 Å². The molecule has 1 unspecified atom stereocenters. The van der Waals surface area contributed by atoms with Gasteiger partial charge in [0.1, 0.15) is 5.02 Å². The number of hydrogen-bond acceptors (Lipinski definition) is 8.